The van der Waals surface area contributed by atoms with Crippen molar-refractivity contribution in [1.29, 1.82) is 0 Å². The fraction of sp³-hybridized carbons (Fsp3) is 0.375. The second-order valence-electron chi connectivity index (χ2n) is 5.28. The minimum atomic E-state index is -0.514. The maximum Gasteiger partial charge on any atom is 0.128 e. The molecule has 0 amide bonds. The van der Waals surface area contributed by atoms with Crippen LogP contribution < -0.4 is 9.80 Å². The molecule has 0 spiro atoms. The van der Waals surface area contributed by atoms with E-state index in [0.717, 1.165) is 37.7 Å². The van der Waals surface area contributed by atoms with E-state index in [4.69, 9.17) is 0 Å². The number of anilines is 2. The minimum Gasteiger partial charge on any atom is -0.387 e. The van der Waals surface area contributed by atoms with Crippen LogP contribution in [0.5, 0.6) is 0 Å². The quantitative estimate of drug-likeness (QED) is 0.932. The Morgan fingerprint density at radius 2 is 1.76 bits per heavy atom. The maximum absolute atomic E-state index is 9.50. The first kappa shape index (κ1) is 13.8. The molecule has 0 aromatic carbocycles. The lowest BCUT2D eigenvalue weighted by Crippen LogP contribution is -2.46. The van der Waals surface area contributed by atoms with Crippen LogP contribution in [0.25, 0.3) is 0 Å². The van der Waals surface area contributed by atoms with Crippen molar-refractivity contribution in [1.82, 2.24) is 9.97 Å². The lowest BCUT2D eigenvalue weighted by molar-refractivity contribution is 0.194. The summed E-state index contributed by atoms with van der Waals surface area (Å²) in [6, 6.07) is 9.94. The van der Waals surface area contributed by atoms with Gasteiger partial charge in [0, 0.05) is 32.4 Å². The molecule has 3 rings (SSSR count). The topological polar surface area (TPSA) is 52.5 Å². The van der Waals surface area contributed by atoms with E-state index in [1.54, 1.807) is 6.92 Å². The standard InChI is InChI=1S/C16H20N4O/c1-13(21)15-6-5-14(12-18-15)19-8-10-20(11-9-19)16-4-2-3-7-17-16/h2-7,12-13,21H,8-11H2,1H3/t13-/m1/s1. The summed E-state index contributed by atoms with van der Waals surface area (Å²) in [5, 5.41) is 9.50. The lowest BCUT2D eigenvalue weighted by atomic mass is 10.2. The Morgan fingerprint density at radius 3 is 2.33 bits per heavy atom. The van der Waals surface area contributed by atoms with Gasteiger partial charge in [-0.1, -0.05) is 6.07 Å². The van der Waals surface area contributed by atoms with Gasteiger partial charge in [0.25, 0.3) is 0 Å². The molecule has 1 aliphatic heterocycles. The molecule has 1 saturated heterocycles. The van der Waals surface area contributed by atoms with Gasteiger partial charge in [0.2, 0.25) is 0 Å². The summed E-state index contributed by atoms with van der Waals surface area (Å²) < 4.78 is 0. The minimum absolute atomic E-state index is 0.514. The first-order valence-corrected chi connectivity index (χ1v) is 7.29. The third-order valence-electron chi connectivity index (χ3n) is 3.82. The molecule has 0 bridgehead atoms. The number of rotatable bonds is 3. The van der Waals surface area contributed by atoms with E-state index >= 15 is 0 Å². The zero-order chi connectivity index (χ0) is 14.7. The zero-order valence-electron chi connectivity index (χ0n) is 12.2. The van der Waals surface area contributed by atoms with Crippen molar-refractivity contribution in [2.45, 2.75) is 13.0 Å². The number of piperazine rings is 1. The van der Waals surface area contributed by atoms with Gasteiger partial charge in [0.05, 0.1) is 23.7 Å². The summed E-state index contributed by atoms with van der Waals surface area (Å²) in [7, 11) is 0. The Balaban J connectivity index is 1.63. The number of nitrogens with zero attached hydrogens (tertiary/aromatic N) is 4. The molecule has 3 heterocycles. The molecular formula is C16H20N4O. The van der Waals surface area contributed by atoms with Crippen LogP contribution >= 0.6 is 0 Å². The molecule has 1 aliphatic rings. The molecule has 2 aromatic heterocycles. The van der Waals surface area contributed by atoms with Crippen molar-refractivity contribution in [2.75, 3.05) is 36.0 Å². The molecule has 110 valence electrons. The molecular weight excluding hydrogens is 264 g/mol. The first-order chi connectivity index (χ1) is 10.2. The Hall–Kier alpha value is -2.14. The number of aliphatic hydroxyl groups excluding tert-OH is 1. The molecule has 1 N–H and O–H groups in total. The van der Waals surface area contributed by atoms with E-state index < -0.39 is 6.10 Å². The van der Waals surface area contributed by atoms with Gasteiger partial charge < -0.3 is 14.9 Å². The van der Waals surface area contributed by atoms with E-state index in [9.17, 15) is 5.11 Å². The molecule has 21 heavy (non-hydrogen) atoms. The molecule has 0 saturated carbocycles. The van der Waals surface area contributed by atoms with Gasteiger partial charge in [-0.05, 0) is 31.2 Å². The average Bonchev–Trinajstić information content (AvgIpc) is 2.56. The predicted molar refractivity (Wildman–Crippen MR) is 83.5 cm³/mol. The van der Waals surface area contributed by atoms with Crippen molar-refractivity contribution >= 4 is 11.5 Å². The number of aromatic nitrogens is 2. The highest BCUT2D eigenvalue weighted by atomic mass is 16.3. The van der Waals surface area contributed by atoms with Gasteiger partial charge in [-0.25, -0.2) is 4.98 Å². The predicted octanol–water partition coefficient (Wildman–Crippen LogP) is 1.86. The number of hydrogen-bond donors (Lipinski definition) is 1. The van der Waals surface area contributed by atoms with Crippen LogP contribution in [0.15, 0.2) is 42.7 Å². The van der Waals surface area contributed by atoms with Crippen LogP contribution in [0.1, 0.15) is 18.7 Å². The molecule has 5 nitrogen and oxygen atoms in total. The van der Waals surface area contributed by atoms with Crippen LogP contribution in [0.2, 0.25) is 0 Å². The first-order valence-electron chi connectivity index (χ1n) is 7.29. The van der Waals surface area contributed by atoms with Gasteiger partial charge in [-0.3, -0.25) is 4.98 Å². The van der Waals surface area contributed by atoms with Crippen molar-refractivity contribution in [3.05, 3.63) is 48.4 Å². The highest BCUT2D eigenvalue weighted by Crippen LogP contribution is 2.19. The Labute approximate surface area is 124 Å². The number of hydrogen-bond acceptors (Lipinski definition) is 5. The fourth-order valence-electron chi connectivity index (χ4n) is 2.57. The van der Waals surface area contributed by atoms with Crippen molar-refractivity contribution in [2.24, 2.45) is 0 Å². The monoisotopic (exact) mass is 284 g/mol. The van der Waals surface area contributed by atoms with E-state index in [-0.39, 0.29) is 0 Å². The summed E-state index contributed by atoms with van der Waals surface area (Å²) in [5.41, 5.74) is 1.82. The normalized spacial score (nSPS) is 16.9. The van der Waals surface area contributed by atoms with E-state index in [2.05, 4.69) is 25.8 Å². The molecule has 0 aliphatic carbocycles. The number of pyridine rings is 2. The average molecular weight is 284 g/mol. The highest BCUT2D eigenvalue weighted by Gasteiger charge is 2.18. The molecule has 1 atom stereocenters. The van der Waals surface area contributed by atoms with Crippen molar-refractivity contribution < 1.29 is 5.11 Å². The summed E-state index contributed by atoms with van der Waals surface area (Å²) in [5.74, 6) is 1.04. The summed E-state index contributed by atoms with van der Waals surface area (Å²) in [6.45, 7) is 5.54. The lowest BCUT2D eigenvalue weighted by Gasteiger charge is -2.36. The third-order valence-corrected chi connectivity index (χ3v) is 3.82. The van der Waals surface area contributed by atoms with E-state index in [0.29, 0.717) is 5.69 Å². The SMILES string of the molecule is C[C@@H](O)c1ccc(N2CCN(c3ccccn3)CC2)cn1. The fourth-order valence-corrected chi connectivity index (χ4v) is 2.57. The van der Waals surface area contributed by atoms with Crippen LogP contribution in [0, 0.1) is 0 Å². The van der Waals surface area contributed by atoms with Gasteiger partial charge in [-0.15, -0.1) is 0 Å². The Kier molecular flexibility index (Phi) is 4.01. The van der Waals surface area contributed by atoms with Crippen LogP contribution in [0.4, 0.5) is 11.5 Å². The second-order valence-corrected chi connectivity index (χ2v) is 5.28. The highest BCUT2D eigenvalue weighted by molar-refractivity contribution is 5.48. The van der Waals surface area contributed by atoms with Gasteiger partial charge in [0.15, 0.2) is 0 Å². The zero-order valence-corrected chi connectivity index (χ0v) is 12.2. The summed E-state index contributed by atoms with van der Waals surface area (Å²) in [4.78, 5) is 13.3. The van der Waals surface area contributed by atoms with E-state index in [1.807, 2.05) is 36.7 Å². The second kappa shape index (κ2) is 6.10. The molecule has 5 heteroatoms. The van der Waals surface area contributed by atoms with Crippen molar-refractivity contribution in [3.63, 3.8) is 0 Å². The van der Waals surface area contributed by atoms with Crippen LogP contribution in [0.3, 0.4) is 0 Å². The largest absolute Gasteiger partial charge is 0.387 e. The number of aliphatic hydroxyl groups is 1. The third kappa shape index (κ3) is 3.13. The van der Waals surface area contributed by atoms with E-state index in [1.165, 1.54) is 0 Å². The Morgan fingerprint density at radius 1 is 1.00 bits per heavy atom. The van der Waals surface area contributed by atoms with Gasteiger partial charge >= 0.3 is 0 Å². The molecule has 0 unspecified atom stereocenters. The van der Waals surface area contributed by atoms with Crippen LogP contribution in [-0.4, -0.2) is 41.3 Å². The Bertz CT molecular complexity index is 563. The van der Waals surface area contributed by atoms with Crippen molar-refractivity contribution in [3.8, 4) is 0 Å². The molecule has 1 fully saturated rings. The molecule has 0 radical (unpaired) electrons. The van der Waals surface area contributed by atoms with Gasteiger partial charge in [0.1, 0.15) is 5.82 Å². The molecule has 2 aromatic rings. The van der Waals surface area contributed by atoms with Crippen LogP contribution in [-0.2, 0) is 0 Å². The summed E-state index contributed by atoms with van der Waals surface area (Å²) >= 11 is 0. The summed E-state index contributed by atoms with van der Waals surface area (Å²) in [6.07, 6.45) is 3.17. The smallest absolute Gasteiger partial charge is 0.128 e. The maximum atomic E-state index is 9.50. The van der Waals surface area contributed by atoms with Gasteiger partial charge in [-0.2, -0.15) is 0 Å².